The van der Waals surface area contributed by atoms with E-state index in [2.05, 4.69) is 15.1 Å². The number of aryl methyl sites for hydroxylation is 1. The van der Waals surface area contributed by atoms with E-state index in [4.69, 9.17) is 4.74 Å². The van der Waals surface area contributed by atoms with Crippen molar-refractivity contribution in [2.45, 2.75) is 26.0 Å². The molecule has 0 unspecified atom stereocenters. The zero-order valence-corrected chi connectivity index (χ0v) is 13.4. The van der Waals surface area contributed by atoms with Crippen LogP contribution >= 0.6 is 0 Å². The Morgan fingerprint density at radius 3 is 2.91 bits per heavy atom. The molecule has 0 bridgehead atoms. The average molecular weight is 319 g/mol. The summed E-state index contributed by atoms with van der Waals surface area (Å²) in [6.45, 7) is 4.06. The third-order valence-electron chi connectivity index (χ3n) is 4.33. The molecule has 0 spiro atoms. The molecule has 124 valence electrons. The van der Waals surface area contributed by atoms with Crippen molar-refractivity contribution >= 4 is 0 Å². The minimum absolute atomic E-state index is 0.167. The number of rotatable bonds is 5. The van der Waals surface area contributed by atoms with Crippen LogP contribution in [0.3, 0.4) is 0 Å². The van der Waals surface area contributed by atoms with Crippen molar-refractivity contribution in [3.8, 4) is 5.75 Å². The van der Waals surface area contributed by atoms with E-state index in [1.807, 2.05) is 13.0 Å². The van der Waals surface area contributed by atoms with Gasteiger partial charge in [0, 0.05) is 31.2 Å². The summed E-state index contributed by atoms with van der Waals surface area (Å²) >= 11 is 0. The summed E-state index contributed by atoms with van der Waals surface area (Å²) in [4.78, 5) is 2.18. The maximum atomic E-state index is 13.5. The molecule has 2 heterocycles. The normalized spacial score (nSPS) is 21.7. The third-order valence-corrected chi connectivity index (χ3v) is 4.33. The number of H-pyrrole nitrogens is 1. The van der Waals surface area contributed by atoms with Crippen LogP contribution in [0.2, 0.25) is 0 Å². The van der Waals surface area contributed by atoms with Crippen LogP contribution in [0, 0.1) is 18.7 Å². The molecule has 0 radical (unpaired) electrons. The lowest BCUT2D eigenvalue weighted by Crippen LogP contribution is -2.21. The first-order valence-corrected chi connectivity index (χ1v) is 7.79. The quantitative estimate of drug-likeness (QED) is 0.884. The highest BCUT2D eigenvalue weighted by Crippen LogP contribution is 2.24. The first-order valence-electron chi connectivity index (χ1n) is 7.79. The van der Waals surface area contributed by atoms with Gasteiger partial charge in [0.1, 0.15) is 0 Å². The number of aromatic nitrogens is 2. The number of halogens is 1. The Morgan fingerprint density at radius 2 is 2.22 bits per heavy atom. The molecule has 23 heavy (non-hydrogen) atoms. The molecule has 1 aliphatic heterocycles. The molecular weight excluding hydrogens is 297 g/mol. The van der Waals surface area contributed by atoms with Crippen LogP contribution in [0.4, 0.5) is 4.39 Å². The minimum atomic E-state index is -0.366. The van der Waals surface area contributed by atoms with E-state index < -0.39 is 0 Å². The molecule has 0 aliphatic carbocycles. The minimum Gasteiger partial charge on any atom is -0.494 e. The SMILES string of the molecule is COc1cc(CN2C[C@@H](Cc3cc(C)[nH]n3)[C@H](O)C2)ccc1F. The summed E-state index contributed by atoms with van der Waals surface area (Å²) in [6.07, 6.45) is 0.392. The smallest absolute Gasteiger partial charge is 0.165 e. The summed E-state index contributed by atoms with van der Waals surface area (Å²) < 4.78 is 18.5. The van der Waals surface area contributed by atoms with Crippen molar-refractivity contribution in [1.29, 1.82) is 0 Å². The fraction of sp³-hybridized carbons (Fsp3) is 0.471. The van der Waals surface area contributed by atoms with Gasteiger partial charge in [0.15, 0.2) is 11.6 Å². The number of nitrogens with zero attached hydrogens (tertiary/aromatic N) is 2. The number of β-amino-alcohol motifs (C(OH)–C–C–N with tert-alkyl or cyclic N) is 1. The molecule has 1 aliphatic rings. The van der Waals surface area contributed by atoms with Crippen molar-refractivity contribution in [2.24, 2.45) is 5.92 Å². The highest BCUT2D eigenvalue weighted by atomic mass is 19.1. The van der Waals surface area contributed by atoms with Gasteiger partial charge in [-0.3, -0.25) is 10.00 Å². The largest absolute Gasteiger partial charge is 0.494 e. The van der Waals surface area contributed by atoms with Gasteiger partial charge in [0.05, 0.1) is 18.9 Å². The number of aliphatic hydroxyl groups excluding tert-OH is 1. The molecule has 1 aromatic carbocycles. The highest BCUT2D eigenvalue weighted by molar-refractivity contribution is 5.30. The van der Waals surface area contributed by atoms with Gasteiger partial charge in [-0.15, -0.1) is 0 Å². The molecular formula is C17H22FN3O2. The molecule has 1 aromatic heterocycles. The molecule has 0 amide bonds. The second-order valence-electron chi connectivity index (χ2n) is 6.24. The van der Waals surface area contributed by atoms with Gasteiger partial charge < -0.3 is 9.84 Å². The van der Waals surface area contributed by atoms with E-state index in [0.717, 1.165) is 29.9 Å². The summed E-state index contributed by atoms with van der Waals surface area (Å²) in [5.74, 6) is 0.0651. The van der Waals surface area contributed by atoms with Crippen LogP contribution in [0.1, 0.15) is 17.0 Å². The standard InChI is InChI=1S/C17H22FN3O2/c1-11-5-14(20-19-11)7-13-9-21(10-16(13)22)8-12-3-4-15(18)17(6-12)23-2/h3-6,13,16,22H,7-10H2,1-2H3,(H,19,20)/t13-,16-/m1/s1. The van der Waals surface area contributed by atoms with E-state index in [9.17, 15) is 9.50 Å². The van der Waals surface area contributed by atoms with Crippen molar-refractivity contribution in [3.63, 3.8) is 0 Å². The third kappa shape index (κ3) is 3.71. The van der Waals surface area contributed by atoms with Crippen molar-refractivity contribution in [2.75, 3.05) is 20.2 Å². The highest BCUT2D eigenvalue weighted by Gasteiger charge is 2.31. The molecule has 5 nitrogen and oxygen atoms in total. The second-order valence-corrected chi connectivity index (χ2v) is 6.24. The summed E-state index contributed by atoms with van der Waals surface area (Å²) in [5, 5.41) is 17.5. The molecule has 1 saturated heterocycles. The van der Waals surface area contributed by atoms with E-state index >= 15 is 0 Å². The Kier molecular flexibility index (Phi) is 4.63. The Balaban J connectivity index is 1.62. The van der Waals surface area contributed by atoms with E-state index in [-0.39, 0.29) is 23.6 Å². The average Bonchev–Trinajstić information content (AvgIpc) is 3.07. The Morgan fingerprint density at radius 1 is 1.39 bits per heavy atom. The number of ether oxygens (including phenoxy) is 1. The Bertz CT molecular complexity index is 674. The lowest BCUT2D eigenvalue weighted by Gasteiger charge is -2.16. The van der Waals surface area contributed by atoms with Gasteiger partial charge in [-0.1, -0.05) is 6.07 Å². The molecule has 6 heteroatoms. The van der Waals surface area contributed by atoms with E-state index in [1.54, 1.807) is 12.1 Å². The van der Waals surface area contributed by atoms with E-state index in [1.165, 1.54) is 13.2 Å². The van der Waals surface area contributed by atoms with Crippen LogP contribution in [-0.4, -0.2) is 46.5 Å². The van der Waals surface area contributed by atoms with Gasteiger partial charge in [0.25, 0.3) is 0 Å². The monoisotopic (exact) mass is 319 g/mol. The number of likely N-dealkylation sites (tertiary alicyclic amines) is 1. The molecule has 1 fully saturated rings. The van der Waals surface area contributed by atoms with Crippen molar-refractivity contribution < 1.29 is 14.2 Å². The molecule has 0 saturated carbocycles. The topological polar surface area (TPSA) is 61.4 Å². The predicted molar refractivity (Wildman–Crippen MR) is 84.8 cm³/mol. The summed E-state index contributed by atoms with van der Waals surface area (Å²) in [6, 6.07) is 6.91. The van der Waals surface area contributed by atoms with Crippen molar-refractivity contribution in [3.05, 3.63) is 47.0 Å². The Labute approximate surface area is 135 Å². The lowest BCUT2D eigenvalue weighted by atomic mass is 10.0. The number of aromatic amines is 1. The van der Waals surface area contributed by atoms with Gasteiger partial charge in [-0.2, -0.15) is 5.10 Å². The fourth-order valence-electron chi connectivity index (χ4n) is 3.18. The zero-order valence-electron chi connectivity index (χ0n) is 13.4. The zero-order chi connectivity index (χ0) is 16.4. The second kappa shape index (κ2) is 6.68. The summed E-state index contributed by atoms with van der Waals surface area (Å²) in [5.41, 5.74) is 2.99. The van der Waals surface area contributed by atoms with Gasteiger partial charge in [-0.25, -0.2) is 4.39 Å². The molecule has 2 atom stereocenters. The van der Waals surface area contributed by atoms with Crippen LogP contribution in [0.15, 0.2) is 24.3 Å². The number of methoxy groups -OCH3 is 1. The van der Waals surface area contributed by atoms with Gasteiger partial charge in [0.2, 0.25) is 0 Å². The number of hydrogen-bond donors (Lipinski definition) is 2. The fourth-order valence-corrected chi connectivity index (χ4v) is 3.18. The van der Waals surface area contributed by atoms with Crippen LogP contribution in [-0.2, 0) is 13.0 Å². The Hall–Kier alpha value is -1.92. The van der Waals surface area contributed by atoms with Crippen LogP contribution in [0.25, 0.3) is 0 Å². The number of aliphatic hydroxyl groups is 1. The lowest BCUT2D eigenvalue weighted by molar-refractivity contribution is 0.140. The first-order chi connectivity index (χ1) is 11.0. The van der Waals surface area contributed by atoms with Crippen LogP contribution < -0.4 is 4.74 Å². The van der Waals surface area contributed by atoms with Gasteiger partial charge in [-0.05, 0) is 37.1 Å². The van der Waals surface area contributed by atoms with Crippen LogP contribution in [0.5, 0.6) is 5.75 Å². The van der Waals surface area contributed by atoms with Gasteiger partial charge >= 0.3 is 0 Å². The number of nitrogens with one attached hydrogen (secondary N) is 1. The molecule has 2 N–H and O–H groups in total. The maximum Gasteiger partial charge on any atom is 0.165 e. The number of hydrogen-bond acceptors (Lipinski definition) is 4. The first kappa shape index (κ1) is 16.0. The number of benzene rings is 1. The predicted octanol–water partition coefficient (Wildman–Crippen LogP) is 1.90. The van der Waals surface area contributed by atoms with Crippen molar-refractivity contribution in [1.82, 2.24) is 15.1 Å². The molecule has 2 aromatic rings. The van der Waals surface area contributed by atoms with E-state index in [0.29, 0.717) is 13.1 Å². The maximum absolute atomic E-state index is 13.5. The summed E-state index contributed by atoms with van der Waals surface area (Å²) in [7, 11) is 1.46. The molecule has 3 rings (SSSR count).